The van der Waals surface area contributed by atoms with E-state index in [9.17, 15) is 9.50 Å². The fourth-order valence-corrected chi connectivity index (χ4v) is 2.95. The van der Waals surface area contributed by atoms with Crippen LogP contribution in [0.15, 0.2) is 29.2 Å². The van der Waals surface area contributed by atoms with Crippen molar-refractivity contribution in [2.24, 2.45) is 0 Å². The second-order valence-electron chi connectivity index (χ2n) is 3.61. The highest BCUT2D eigenvalue weighted by atomic mass is 32.2. The molecule has 0 amide bonds. The first kappa shape index (κ1) is 9.99. The Morgan fingerprint density at radius 3 is 2.50 bits per heavy atom. The largest absolute Gasteiger partial charge is 0.392 e. The summed E-state index contributed by atoms with van der Waals surface area (Å²) in [5, 5.41) is 9.90. The van der Waals surface area contributed by atoms with Crippen LogP contribution in [0.5, 0.6) is 0 Å². The molecule has 1 aromatic rings. The third-order valence-corrected chi connectivity index (χ3v) is 3.92. The van der Waals surface area contributed by atoms with Gasteiger partial charge >= 0.3 is 0 Å². The van der Waals surface area contributed by atoms with Gasteiger partial charge in [0.1, 0.15) is 5.82 Å². The average Bonchev–Trinajstić information content (AvgIpc) is 2.56. The SMILES string of the molecule is O[C@H]1CCC[C@@H]1Sc1ccc(F)cc1. The molecule has 0 aromatic heterocycles. The van der Waals surface area contributed by atoms with Crippen LogP contribution in [-0.4, -0.2) is 16.5 Å². The summed E-state index contributed by atoms with van der Waals surface area (Å²) in [5.74, 6) is -0.207. The molecule has 1 N–H and O–H groups in total. The zero-order valence-electron chi connectivity index (χ0n) is 7.82. The van der Waals surface area contributed by atoms with Crippen molar-refractivity contribution in [2.75, 3.05) is 0 Å². The quantitative estimate of drug-likeness (QED) is 0.813. The lowest BCUT2D eigenvalue weighted by Crippen LogP contribution is -2.14. The fourth-order valence-electron chi connectivity index (χ4n) is 1.73. The van der Waals surface area contributed by atoms with E-state index >= 15 is 0 Å². The maximum absolute atomic E-state index is 12.6. The summed E-state index contributed by atoms with van der Waals surface area (Å²) in [7, 11) is 0. The molecule has 1 saturated carbocycles. The number of aliphatic hydroxyl groups is 1. The minimum absolute atomic E-state index is 0.190. The number of rotatable bonds is 2. The van der Waals surface area contributed by atoms with Gasteiger partial charge in [-0.2, -0.15) is 0 Å². The van der Waals surface area contributed by atoms with Crippen LogP contribution >= 0.6 is 11.8 Å². The monoisotopic (exact) mass is 212 g/mol. The Morgan fingerprint density at radius 2 is 1.93 bits per heavy atom. The van der Waals surface area contributed by atoms with Crippen LogP contribution in [-0.2, 0) is 0 Å². The van der Waals surface area contributed by atoms with Gasteiger partial charge in [-0.1, -0.05) is 0 Å². The Bertz CT molecular complexity index is 299. The van der Waals surface area contributed by atoms with Crippen molar-refractivity contribution in [1.29, 1.82) is 0 Å². The van der Waals surface area contributed by atoms with E-state index in [0.717, 1.165) is 24.2 Å². The summed E-state index contributed by atoms with van der Waals surface area (Å²) < 4.78 is 12.6. The predicted molar refractivity (Wildman–Crippen MR) is 55.9 cm³/mol. The lowest BCUT2D eigenvalue weighted by molar-refractivity contribution is 0.188. The Kier molecular flexibility index (Phi) is 3.08. The van der Waals surface area contributed by atoms with Crippen LogP contribution in [0.4, 0.5) is 4.39 Å². The van der Waals surface area contributed by atoms with Crippen LogP contribution < -0.4 is 0 Å². The van der Waals surface area contributed by atoms with Gasteiger partial charge in [0.05, 0.1) is 6.10 Å². The molecule has 2 rings (SSSR count). The Labute approximate surface area is 87.3 Å². The molecule has 1 nitrogen and oxygen atoms in total. The third kappa shape index (κ3) is 2.28. The third-order valence-electron chi connectivity index (χ3n) is 2.52. The van der Waals surface area contributed by atoms with Gasteiger partial charge in [0.15, 0.2) is 0 Å². The molecular formula is C11H13FOS. The van der Waals surface area contributed by atoms with Crippen LogP contribution in [0.1, 0.15) is 19.3 Å². The van der Waals surface area contributed by atoms with Gasteiger partial charge in [-0.15, -0.1) is 11.8 Å². The molecule has 0 radical (unpaired) electrons. The van der Waals surface area contributed by atoms with E-state index in [-0.39, 0.29) is 11.9 Å². The maximum atomic E-state index is 12.6. The minimum atomic E-state index is -0.207. The molecular weight excluding hydrogens is 199 g/mol. The molecule has 0 saturated heterocycles. The molecule has 0 spiro atoms. The summed E-state index contributed by atoms with van der Waals surface area (Å²) in [5.41, 5.74) is 0. The van der Waals surface area contributed by atoms with E-state index < -0.39 is 0 Å². The Hall–Kier alpha value is -0.540. The zero-order valence-corrected chi connectivity index (χ0v) is 8.64. The van der Waals surface area contributed by atoms with E-state index in [0.29, 0.717) is 5.25 Å². The van der Waals surface area contributed by atoms with Crippen LogP contribution in [0.25, 0.3) is 0 Å². The minimum Gasteiger partial charge on any atom is -0.392 e. The summed E-state index contributed by atoms with van der Waals surface area (Å²) in [6.45, 7) is 0. The zero-order chi connectivity index (χ0) is 9.97. The van der Waals surface area contributed by atoms with Crippen LogP contribution in [0.3, 0.4) is 0 Å². The number of benzene rings is 1. The molecule has 1 aliphatic rings. The summed E-state index contributed by atoms with van der Waals surface area (Å²) in [6, 6.07) is 6.46. The molecule has 0 aliphatic heterocycles. The molecule has 0 heterocycles. The highest BCUT2D eigenvalue weighted by Crippen LogP contribution is 2.34. The first-order valence-corrected chi connectivity index (χ1v) is 5.74. The van der Waals surface area contributed by atoms with Gasteiger partial charge in [-0.05, 0) is 43.5 Å². The highest BCUT2D eigenvalue weighted by molar-refractivity contribution is 8.00. The molecule has 1 fully saturated rings. The van der Waals surface area contributed by atoms with Gasteiger partial charge in [0.25, 0.3) is 0 Å². The molecule has 3 heteroatoms. The maximum Gasteiger partial charge on any atom is 0.123 e. The highest BCUT2D eigenvalue weighted by Gasteiger charge is 2.25. The lowest BCUT2D eigenvalue weighted by Gasteiger charge is -2.13. The van der Waals surface area contributed by atoms with Gasteiger partial charge in [-0.25, -0.2) is 4.39 Å². The topological polar surface area (TPSA) is 20.2 Å². The molecule has 1 aromatic carbocycles. The van der Waals surface area contributed by atoms with E-state index in [2.05, 4.69) is 0 Å². The average molecular weight is 212 g/mol. The predicted octanol–water partition coefficient (Wildman–Crippen LogP) is 2.83. The summed E-state index contributed by atoms with van der Waals surface area (Å²) >= 11 is 1.65. The second kappa shape index (κ2) is 4.32. The first-order chi connectivity index (χ1) is 6.75. The summed E-state index contributed by atoms with van der Waals surface area (Å²) in [6.07, 6.45) is 2.87. The van der Waals surface area contributed by atoms with Gasteiger partial charge < -0.3 is 5.11 Å². The first-order valence-electron chi connectivity index (χ1n) is 4.86. The van der Waals surface area contributed by atoms with Crippen LogP contribution in [0, 0.1) is 5.82 Å². The Balaban J connectivity index is 2.00. The molecule has 14 heavy (non-hydrogen) atoms. The fraction of sp³-hybridized carbons (Fsp3) is 0.455. The van der Waals surface area contributed by atoms with Crippen LogP contribution in [0.2, 0.25) is 0 Å². The molecule has 1 aliphatic carbocycles. The standard InChI is InChI=1S/C11H13FOS/c12-8-4-6-9(7-5-8)14-11-3-1-2-10(11)13/h4-7,10-11,13H,1-3H2/t10-,11-/m0/s1. The van der Waals surface area contributed by atoms with Crippen molar-refractivity contribution >= 4 is 11.8 Å². The van der Waals surface area contributed by atoms with Crippen molar-refractivity contribution in [2.45, 2.75) is 35.5 Å². The summed E-state index contributed by atoms with van der Waals surface area (Å²) in [4.78, 5) is 1.04. The van der Waals surface area contributed by atoms with Crippen molar-refractivity contribution in [3.8, 4) is 0 Å². The number of hydrogen-bond acceptors (Lipinski definition) is 2. The van der Waals surface area contributed by atoms with Crippen molar-refractivity contribution in [3.05, 3.63) is 30.1 Å². The Morgan fingerprint density at radius 1 is 1.21 bits per heavy atom. The van der Waals surface area contributed by atoms with Gasteiger partial charge in [0.2, 0.25) is 0 Å². The van der Waals surface area contributed by atoms with Crippen molar-refractivity contribution in [1.82, 2.24) is 0 Å². The van der Waals surface area contributed by atoms with E-state index in [1.165, 1.54) is 12.1 Å². The lowest BCUT2D eigenvalue weighted by atomic mass is 10.3. The molecule has 0 bridgehead atoms. The number of thioether (sulfide) groups is 1. The molecule has 0 unspecified atom stereocenters. The van der Waals surface area contributed by atoms with E-state index in [4.69, 9.17) is 0 Å². The second-order valence-corrected chi connectivity index (χ2v) is 4.92. The van der Waals surface area contributed by atoms with Crippen molar-refractivity contribution < 1.29 is 9.50 Å². The smallest absolute Gasteiger partial charge is 0.123 e. The van der Waals surface area contributed by atoms with E-state index in [1.807, 2.05) is 0 Å². The number of hydrogen-bond donors (Lipinski definition) is 1. The number of halogens is 1. The molecule has 76 valence electrons. The van der Waals surface area contributed by atoms with Crippen molar-refractivity contribution in [3.63, 3.8) is 0 Å². The molecule has 2 atom stereocenters. The normalized spacial score (nSPS) is 26.7. The van der Waals surface area contributed by atoms with Gasteiger partial charge in [-0.3, -0.25) is 0 Å². The number of aliphatic hydroxyl groups excluding tert-OH is 1. The van der Waals surface area contributed by atoms with E-state index in [1.54, 1.807) is 23.9 Å². The van der Waals surface area contributed by atoms with Gasteiger partial charge in [0, 0.05) is 10.1 Å².